The van der Waals surface area contributed by atoms with E-state index < -0.39 is 0 Å². The molecule has 0 amide bonds. The summed E-state index contributed by atoms with van der Waals surface area (Å²) in [4.78, 5) is 24.5. The van der Waals surface area contributed by atoms with Crippen molar-refractivity contribution < 1.29 is 0 Å². The molecule has 8 nitrogen and oxygen atoms in total. The van der Waals surface area contributed by atoms with Crippen LogP contribution in [-0.2, 0) is 0 Å². The zero-order valence-electron chi connectivity index (χ0n) is 18.2. The van der Waals surface area contributed by atoms with Gasteiger partial charge < -0.3 is 10.2 Å². The molecule has 0 unspecified atom stereocenters. The van der Waals surface area contributed by atoms with Gasteiger partial charge in [0.05, 0.1) is 34.5 Å². The summed E-state index contributed by atoms with van der Waals surface area (Å²) in [7, 11) is 0. The average molecular weight is 418 g/mol. The lowest BCUT2D eigenvalue weighted by Gasteiger charge is -2.19. The maximum atomic E-state index is 12.9. The summed E-state index contributed by atoms with van der Waals surface area (Å²) < 4.78 is 3.43. The number of rotatable bonds is 5. The molecule has 1 N–H and O–H groups in total. The van der Waals surface area contributed by atoms with E-state index in [1.165, 1.54) is 6.42 Å². The Balaban J connectivity index is 1.48. The van der Waals surface area contributed by atoms with Gasteiger partial charge in [0.25, 0.3) is 5.56 Å². The molecule has 0 radical (unpaired) electrons. The van der Waals surface area contributed by atoms with Gasteiger partial charge in [0.2, 0.25) is 0 Å². The van der Waals surface area contributed by atoms with Gasteiger partial charge in [-0.1, -0.05) is 6.92 Å². The number of anilines is 1. The molecule has 0 saturated carbocycles. The first kappa shape index (κ1) is 19.7. The van der Waals surface area contributed by atoms with Gasteiger partial charge in [-0.2, -0.15) is 5.10 Å². The Morgan fingerprint density at radius 3 is 2.84 bits per heavy atom. The Hall–Kier alpha value is -3.26. The normalized spacial score (nSPS) is 16.6. The first-order valence-corrected chi connectivity index (χ1v) is 10.8. The van der Waals surface area contributed by atoms with E-state index in [0.29, 0.717) is 23.0 Å². The van der Waals surface area contributed by atoms with E-state index in [1.54, 1.807) is 15.0 Å². The Bertz CT molecular complexity index is 1320. The number of hydrogen-bond donors (Lipinski definition) is 1. The summed E-state index contributed by atoms with van der Waals surface area (Å²) in [6, 6.07) is 7.47. The first-order valence-electron chi connectivity index (χ1n) is 10.8. The fraction of sp³-hybridized carbons (Fsp3) is 0.391. The minimum atomic E-state index is -0.103. The Labute approximate surface area is 180 Å². The zero-order chi connectivity index (χ0) is 21.5. The smallest absolute Gasteiger partial charge is 0.258 e. The van der Waals surface area contributed by atoms with Crippen molar-refractivity contribution in [2.75, 3.05) is 31.1 Å². The predicted molar refractivity (Wildman–Crippen MR) is 122 cm³/mol. The second kappa shape index (κ2) is 7.77. The SMILES string of the molecule is CCNC[C@@H]1CCN(c2ccc3nc(-c4cc5c(C)nc(C)cn5n4)cc(=O)n3c2)C1. The summed E-state index contributed by atoms with van der Waals surface area (Å²) in [5.74, 6) is 0.643. The van der Waals surface area contributed by atoms with E-state index >= 15 is 0 Å². The van der Waals surface area contributed by atoms with Crippen molar-refractivity contribution in [3.8, 4) is 11.4 Å². The van der Waals surface area contributed by atoms with Crippen LogP contribution in [-0.4, -0.2) is 50.2 Å². The molecule has 1 atom stereocenters. The molecule has 4 aromatic heterocycles. The topological polar surface area (TPSA) is 79.8 Å². The summed E-state index contributed by atoms with van der Waals surface area (Å²) in [6.07, 6.45) is 4.95. The van der Waals surface area contributed by atoms with E-state index in [1.807, 2.05) is 38.4 Å². The third kappa shape index (κ3) is 3.67. The van der Waals surface area contributed by atoms with E-state index in [4.69, 9.17) is 4.98 Å². The third-order valence-corrected chi connectivity index (χ3v) is 6.00. The van der Waals surface area contributed by atoms with Crippen LogP contribution in [0.25, 0.3) is 22.6 Å². The maximum Gasteiger partial charge on any atom is 0.258 e. The molecule has 31 heavy (non-hydrogen) atoms. The summed E-state index contributed by atoms with van der Waals surface area (Å²) in [6.45, 7) is 10.1. The molecule has 8 heteroatoms. The van der Waals surface area contributed by atoms with Crippen molar-refractivity contribution in [1.29, 1.82) is 0 Å². The molecule has 5 heterocycles. The highest BCUT2D eigenvalue weighted by Gasteiger charge is 2.22. The number of pyridine rings is 1. The monoisotopic (exact) mass is 417 g/mol. The van der Waals surface area contributed by atoms with Crippen LogP contribution in [0, 0.1) is 19.8 Å². The number of aromatic nitrogens is 5. The number of fused-ring (bicyclic) bond motifs is 2. The van der Waals surface area contributed by atoms with Gasteiger partial charge in [-0.05, 0) is 57.5 Å². The molecule has 1 fully saturated rings. The molecule has 1 aliphatic heterocycles. The van der Waals surface area contributed by atoms with Crippen LogP contribution in [0.5, 0.6) is 0 Å². The van der Waals surface area contributed by atoms with E-state index in [0.717, 1.165) is 48.8 Å². The standard InChI is InChI=1S/C23H27N7O/c1-4-24-11-17-7-8-28(13-17)18-5-6-22-26-19(10-23(31)29(22)14-18)20-9-21-16(3)25-15(2)12-30(21)27-20/h5-6,9-10,12,14,17,24H,4,7-8,11,13H2,1-3H3/t17-/m0/s1. The van der Waals surface area contributed by atoms with E-state index in [2.05, 4.69) is 33.3 Å². The van der Waals surface area contributed by atoms with E-state index in [-0.39, 0.29) is 5.56 Å². The Morgan fingerprint density at radius 2 is 2.00 bits per heavy atom. The van der Waals surface area contributed by atoms with Crippen LogP contribution in [0.3, 0.4) is 0 Å². The molecule has 0 bridgehead atoms. The average Bonchev–Trinajstić information content (AvgIpc) is 3.39. The van der Waals surface area contributed by atoms with Crippen LogP contribution >= 0.6 is 0 Å². The summed E-state index contributed by atoms with van der Waals surface area (Å²) in [5, 5.41) is 8.05. The molecule has 160 valence electrons. The highest BCUT2D eigenvalue weighted by Crippen LogP contribution is 2.24. The molecule has 4 aromatic rings. The predicted octanol–water partition coefficient (Wildman–Crippen LogP) is 2.46. The minimum absolute atomic E-state index is 0.103. The van der Waals surface area contributed by atoms with Crippen LogP contribution in [0.2, 0.25) is 0 Å². The van der Waals surface area contributed by atoms with Gasteiger partial charge in [0, 0.05) is 25.4 Å². The number of nitrogens with zero attached hydrogens (tertiary/aromatic N) is 6. The lowest BCUT2D eigenvalue weighted by Crippen LogP contribution is -2.26. The van der Waals surface area contributed by atoms with Gasteiger partial charge in [-0.15, -0.1) is 0 Å². The molecule has 1 aliphatic rings. The maximum absolute atomic E-state index is 12.9. The first-order chi connectivity index (χ1) is 15.0. The second-order valence-corrected chi connectivity index (χ2v) is 8.33. The largest absolute Gasteiger partial charge is 0.370 e. The van der Waals surface area contributed by atoms with Gasteiger partial charge in [0.15, 0.2) is 0 Å². The van der Waals surface area contributed by atoms with Gasteiger partial charge in [-0.3, -0.25) is 14.2 Å². The molecular weight excluding hydrogens is 390 g/mol. The fourth-order valence-corrected chi connectivity index (χ4v) is 4.41. The van der Waals surface area contributed by atoms with Crippen LogP contribution in [0.1, 0.15) is 24.7 Å². The highest BCUT2D eigenvalue weighted by molar-refractivity contribution is 5.66. The molecule has 0 aromatic carbocycles. The molecule has 5 rings (SSSR count). The van der Waals surface area contributed by atoms with Crippen LogP contribution < -0.4 is 15.8 Å². The van der Waals surface area contributed by atoms with Crippen molar-refractivity contribution in [1.82, 2.24) is 29.3 Å². The summed E-state index contributed by atoms with van der Waals surface area (Å²) in [5.41, 5.74) is 5.54. The van der Waals surface area contributed by atoms with Crippen molar-refractivity contribution in [3.63, 3.8) is 0 Å². The highest BCUT2D eigenvalue weighted by atomic mass is 16.1. The second-order valence-electron chi connectivity index (χ2n) is 8.33. The fourth-order valence-electron chi connectivity index (χ4n) is 4.41. The molecular formula is C23H27N7O. The Kier molecular flexibility index (Phi) is 4.94. The lowest BCUT2D eigenvalue weighted by atomic mass is 10.1. The van der Waals surface area contributed by atoms with Gasteiger partial charge in [0.1, 0.15) is 11.3 Å². The number of nitrogens with one attached hydrogen (secondary N) is 1. The molecule has 0 aliphatic carbocycles. The van der Waals surface area contributed by atoms with Crippen molar-refractivity contribution in [3.05, 3.63) is 58.4 Å². The lowest BCUT2D eigenvalue weighted by molar-refractivity contribution is 0.528. The zero-order valence-corrected chi connectivity index (χ0v) is 18.2. The number of aryl methyl sites for hydroxylation is 2. The minimum Gasteiger partial charge on any atom is -0.370 e. The third-order valence-electron chi connectivity index (χ3n) is 6.00. The molecule has 1 saturated heterocycles. The van der Waals surface area contributed by atoms with Gasteiger partial charge >= 0.3 is 0 Å². The quantitative estimate of drug-likeness (QED) is 0.537. The summed E-state index contributed by atoms with van der Waals surface area (Å²) >= 11 is 0. The van der Waals surface area contributed by atoms with Crippen LogP contribution in [0.4, 0.5) is 5.69 Å². The van der Waals surface area contributed by atoms with Gasteiger partial charge in [-0.25, -0.2) is 9.50 Å². The van der Waals surface area contributed by atoms with Crippen molar-refractivity contribution in [2.45, 2.75) is 27.2 Å². The Morgan fingerprint density at radius 1 is 1.13 bits per heavy atom. The number of hydrogen-bond acceptors (Lipinski definition) is 6. The van der Waals surface area contributed by atoms with Crippen LogP contribution in [0.15, 0.2) is 41.5 Å². The molecule has 0 spiro atoms. The van der Waals surface area contributed by atoms with Crippen molar-refractivity contribution in [2.24, 2.45) is 5.92 Å². The van der Waals surface area contributed by atoms with Crippen molar-refractivity contribution >= 4 is 16.9 Å². The van der Waals surface area contributed by atoms with E-state index in [9.17, 15) is 4.79 Å².